The Hall–Kier alpha value is -1.84. The van der Waals surface area contributed by atoms with Gasteiger partial charge in [0, 0.05) is 18.7 Å². The third-order valence-corrected chi connectivity index (χ3v) is 5.90. The second-order valence-electron chi connectivity index (χ2n) is 5.80. The van der Waals surface area contributed by atoms with Crippen LogP contribution in [0.1, 0.15) is 43.1 Å². The zero-order valence-corrected chi connectivity index (χ0v) is 14.7. The summed E-state index contributed by atoms with van der Waals surface area (Å²) in [5.41, 5.74) is 0.151. The summed E-state index contributed by atoms with van der Waals surface area (Å²) in [6.45, 7) is 2.92. The summed E-state index contributed by atoms with van der Waals surface area (Å²) in [5, 5.41) is 3.89. The van der Waals surface area contributed by atoms with E-state index < -0.39 is 21.9 Å². The molecule has 1 atom stereocenters. The summed E-state index contributed by atoms with van der Waals surface area (Å²) in [7, 11) is -3.70. The van der Waals surface area contributed by atoms with Crippen LogP contribution in [-0.2, 0) is 27.1 Å². The van der Waals surface area contributed by atoms with Crippen LogP contribution in [0.3, 0.4) is 0 Å². The number of aromatic nitrogens is 2. The largest absolute Gasteiger partial charge is 0.372 e. The van der Waals surface area contributed by atoms with E-state index in [-0.39, 0.29) is 17.9 Å². The van der Waals surface area contributed by atoms with Crippen molar-refractivity contribution in [3.63, 3.8) is 0 Å². The normalized spacial score (nSPS) is 18.7. The predicted octanol–water partition coefficient (Wildman–Crippen LogP) is 2.41. The van der Waals surface area contributed by atoms with E-state index in [4.69, 9.17) is 9.26 Å². The molecule has 9 heteroatoms. The molecule has 0 bridgehead atoms. The molecule has 0 amide bonds. The van der Waals surface area contributed by atoms with Gasteiger partial charge in [-0.05, 0) is 25.8 Å². The summed E-state index contributed by atoms with van der Waals surface area (Å²) >= 11 is 0. The Bertz CT molecular complexity index is 824. The number of sulfonamides is 1. The standard InChI is InChI=1S/C16H20FN3O4S/c1-2-23-10-15-18-16(19-24-15)14-8-5-9-20(14)25(21,22)11-12-6-3-4-7-13(12)17/h3-4,6-7,14H,2,5,8-11H2,1H3. The first-order chi connectivity index (χ1) is 12.0. The SMILES string of the molecule is CCOCc1nc(C2CCCN2S(=O)(=O)Cc2ccccc2F)no1. The topological polar surface area (TPSA) is 85.5 Å². The molecule has 7 nitrogen and oxygen atoms in total. The van der Waals surface area contributed by atoms with E-state index in [0.29, 0.717) is 37.7 Å². The van der Waals surface area contributed by atoms with Crippen molar-refractivity contribution in [3.8, 4) is 0 Å². The average Bonchev–Trinajstić information content (AvgIpc) is 3.24. The van der Waals surface area contributed by atoms with Crippen molar-refractivity contribution in [3.05, 3.63) is 47.4 Å². The molecule has 0 N–H and O–H groups in total. The molecular formula is C16H20FN3O4S. The maximum atomic E-state index is 13.8. The predicted molar refractivity (Wildman–Crippen MR) is 87.3 cm³/mol. The molecule has 136 valence electrons. The molecule has 0 spiro atoms. The van der Waals surface area contributed by atoms with E-state index in [2.05, 4.69) is 10.1 Å². The van der Waals surface area contributed by atoms with E-state index in [9.17, 15) is 12.8 Å². The van der Waals surface area contributed by atoms with Gasteiger partial charge in [0.1, 0.15) is 12.4 Å². The van der Waals surface area contributed by atoms with Gasteiger partial charge in [-0.3, -0.25) is 0 Å². The van der Waals surface area contributed by atoms with E-state index >= 15 is 0 Å². The van der Waals surface area contributed by atoms with Crippen molar-refractivity contribution in [2.75, 3.05) is 13.2 Å². The molecule has 1 fully saturated rings. The molecule has 1 aromatic carbocycles. The van der Waals surface area contributed by atoms with Gasteiger partial charge in [0.15, 0.2) is 5.82 Å². The number of halogens is 1. The van der Waals surface area contributed by atoms with E-state index in [1.807, 2.05) is 6.92 Å². The monoisotopic (exact) mass is 369 g/mol. The number of rotatable bonds is 7. The lowest BCUT2D eigenvalue weighted by Gasteiger charge is -2.21. The zero-order chi connectivity index (χ0) is 17.9. The zero-order valence-electron chi connectivity index (χ0n) is 13.9. The summed E-state index contributed by atoms with van der Waals surface area (Å²) < 4.78 is 51.0. The molecule has 1 aliphatic heterocycles. The minimum atomic E-state index is -3.70. The minimum Gasteiger partial charge on any atom is -0.372 e. The third kappa shape index (κ3) is 4.05. The fraction of sp³-hybridized carbons (Fsp3) is 0.500. The van der Waals surface area contributed by atoms with Gasteiger partial charge in [-0.15, -0.1) is 0 Å². The lowest BCUT2D eigenvalue weighted by atomic mass is 10.2. The fourth-order valence-corrected chi connectivity index (χ4v) is 4.67. The smallest absolute Gasteiger partial charge is 0.252 e. The van der Waals surface area contributed by atoms with Crippen molar-refractivity contribution in [1.82, 2.24) is 14.4 Å². The van der Waals surface area contributed by atoms with Crippen molar-refractivity contribution >= 4 is 10.0 Å². The van der Waals surface area contributed by atoms with Gasteiger partial charge in [0.25, 0.3) is 5.89 Å². The minimum absolute atomic E-state index is 0.151. The van der Waals surface area contributed by atoms with Gasteiger partial charge >= 0.3 is 0 Å². The second-order valence-corrected chi connectivity index (χ2v) is 7.72. The summed E-state index contributed by atoms with van der Waals surface area (Å²) in [6, 6.07) is 5.39. The Morgan fingerprint density at radius 1 is 1.40 bits per heavy atom. The molecule has 2 aromatic rings. The van der Waals surface area contributed by atoms with Crippen LogP contribution in [-0.4, -0.2) is 36.0 Å². The molecule has 0 saturated carbocycles. The van der Waals surface area contributed by atoms with Crippen LogP contribution in [0, 0.1) is 5.82 Å². The molecule has 1 aromatic heterocycles. The van der Waals surface area contributed by atoms with E-state index in [1.165, 1.54) is 22.5 Å². The van der Waals surface area contributed by atoms with Gasteiger partial charge in [-0.1, -0.05) is 23.4 Å². The first-order valence-electron chi connectivity index (χ1n) is 8.14. The molecule has 1 saturated heterocycles. The molecule has 0 radical (unpaired) electrons. The highest BCUT2D eigenvalue weighted by Gasteiger charge is 2.38. The van der Waals surface area contributed by atoms with Crippen LogP contribution in [0.15, 0.2) is 28.8 Å². The third-order valence-electron chi connectivity index (χ3n) is 4.07. The number of nitrogens with zero attached hydrogens (tertiary/aromatic N) is 3. The van der Waals surface area contributed by atoms with Crippen molar-refractivity contribution in [1.29, 1.82) is 0 Å². The maximum Gasteiger partial charge on any atom is 0.252 e. The van der Waals surface area contributed by atoms with Crippen LogP contribution in [0.5, 0.6) is 0 Å². The highest BCUT2D eigenvalue weighted by atomic mass is 32.2. The van der Waals surface area contributed by atoms with Gasteiger partial charge in [-0.25, -0.2) is 12.8 Å². The number of hydrogen-bond acceptors (Lipinski definition) is 6. The Kier molecular flexibility index (Phi) is 5.45. The average molecular weight is 369 g/mol. The maximum absolute atomic E-state index is 13.8. The lowest BCUT2D eigenvalue weighted by molar-refractivity contribution is 0.109. The Labute approximate surface area is 145 Å². The van der Waals surface area contributed by atoms with Gasteiger partial charge in [0.05, 0.1) is 11.8 Å². The summed E-state index contributed by atoms with van der Waals surface area (Å²) in [4.78, 5) is 4.24. The molecular weight excluding hydrogens is 349 g/mol. The number of benzene rings is 1. The van der Waals surface area contributed by atoms with Crippen LogP contribution in [0.4, 0.5) is 4.39 Å². The fourth-order valence-electron chi connectivity index (χ4n) is 2.88. The lowest BCUT2D eigenvalue weighted by Crippen LogP contribution is -2.32. The van der Waals surface area contributed by atoms with Gasteiger partial charge in [0.2, 0.25) is 10.0 Å². The van der Waals surface area contributed by atoms with Gasteiger partial charge in [-0.2, -0.15) is 9.29 Å². The highest BCUT2D eigenvalue weighted by molar-refractivity contribution is 7.88. The van der Waals surface area contributed by atoms with Crippen molar-refractivity contribution in [2.45, 2.75) is 38.2 Å². The molecule has 1 aliphatic rings. The molecule has 1 unspecified atom stereocenters. The summed E-state index contributed by atoms with van der Waals surface area (Å²) in [5.74, 6) is -0.278. The van der Waals surface area contributed by atoms with Crippen molar-refractivity contribution in [2.24, 2.45) is 0 Å². The van der Waals surface area contributed by atoms with E-state index in [1.54, 1.807) is 6.07 Å². The number of ether oxygens (including phenoxy) is 1. The molecule has 2 heterocycles. The summed E-state index contributed by atoms with van der Waals surface area (Å²) in [6.07, 6.45) is 1.29. The Morgan fingerprint density at radius 3 is 2.96 bits per heavy atom. The van der Waals surface area contributed by atoms with Crippen LogP contribution in [0.2, 0.25) is 0 Å². The van der Waals surface area contributed by atoms with Crippen LogP contribution < -0.4 is 0 Å². The quantitative estimate of drug-likeness (QED) is 0.745. The van der Waals surface area contributed by atoms with Crippen molar-refractivity contribution < 1.29 is 22.1 Å². The molecule has 25 heavy (non-hydrogen) atoms. The number of hydrogen-bond donors (Lipinski definition) is 0. The first kappa shape index (κ1) is 18.0. The van der Waals surface area contributed by atoms with Crippen LogP contribution in [0.25, 0.3) is 0 Å². The molecule has 3 rings (SSSR count). The Morgan fingerprint density at radius 2 is 2.20 bits per heavy atom. The van der Waals surface area contributed by atoms with Crippen LogP contribution >= 0.6 is 0 Å². The highest BCUT2D eigenvalue weighted by Crippen LogP contribution is 2.34. The van der Waals surface area contributed by atoms with Gasteiger partial charge < -0.3 is 9.26 Å². The molecule has 0 aliphatic carbocycles. The van der Waals surface area contributed by atoms with E-state index in [0.717, 1.165) is 0 Å². The Balaban J connectivity index is 1.78. The first-order valence-corrected chi connectivity index (χ1v) is 9.75. The second kappa shape index (κ2) is 7.59.